The van der Waals surface area contributed by atoms with Gasteiger partial charge >= 0.3 is 6.09 Å². The third-order valence-electron chi connectivity index (χ3n) is 1.90. The van der Waals surface area contributed by atoms with Crippen LogP contribution in [-0.4, -0.2) is 24.1 Å². The number of rotatable bonds is 1. The number of carbonyl (C=O) groups is 1. The van der Waals surface area contributed by atoms with Crippen LogP contribution in [0.15, 0.2) is 23.2 Å². The zero-order chi connectivity index (χ0) is 9.97. The van der Waals surface area contributed by atoms with Gasteiger partial charge in [-0.2, -0.15) is 0 Å². The molecule has 0 aliphatic carbocycles. The molecule has 5 nitrogen and oxygen atoms in total. The molecular weight excluding hydrogens is 182 g/mol. The highest BCUT2D eigenvalue weighted by Crippen LogP contribution is 2.21. The van der Waals surface area contributed by atoms with Crippen molar-refractivity contribution in [3.05, 3.63) is 23.8 Å². The summed E-state index contributed by atoms with van der Waals surface area (Å²) in [5.41, 5.74) is 2.41. The standard InChI is InChI=1S/C9H9N3O2/c13-9(14)12-7-2-1-6-4-10-5-11-8(6)3-7/h1-4,11-12H,5H2,(H,13,14). The Labute approximate surface area is 80.5 Å². The number of hydrogen-bond acceptors (Lipinski definition) is 3. The molecule has 0 saturated carbocycles. The van der Waals surface area contributed by atoms with Crippen molar-refractivity contribution in [1.29, 1.82) is 0 Å². The lowest BCUT2D eigenvalue weighted by atomic mass is 10.1. The van der Waals surface area contributed by atoms with Crippen LogP contribution in [0.3, 0.4) is 0 Å². The lowest BCUT2D eigenvalue weighted by Crippen LogP contribution is -2.10. The molecule has 0 unspecified atom stereocenters. The molecule has 0 bridgehead atoms. The van der Waals surface area contributed by atoms with Crippen molar-refractivity contribution < 1.29 is 9.90 Å². The van der Waals surface area contributed by atoms with Crippen LogP contribution in [-0.2, 0) is 0 Å². The molecule has 1 amide bonds. The highest BCUT2D eigenvalue weighted by Gasteiger charge is 2.06. The van der Waals surface area contributed by atoms with E-state index in [1.807, 2.05) is 6.07 Å². The number of anilines is 2. The Morgan fingerprint density at radius 1 is 1.57 bits per heavy atom. The van der Waals surface area contributed by atoms with Gasteiger partial charge in [-0.3, -0.25) is 10.3 Å². The van der Waals surface area contributed by atoms with Crippen molar-refractivity contribution in [2.45, 2.75) is 0 Å². The zero-order valence-electron chi connectivity index (χ0n) is 7.32. The fraction of sp³-hybridized carbons (Fsp3) is 0.111. The lowest BCUT2D eigenvalue weighted by Gasteiger charge is -2.13. The van der Waals surface area contributed by atoms with E-state index in [0.717, 1.165) is 11.3 Å². The third kappa shape index (κ3) is 1.66. The van der Waals surface area contributed by atoms with E-state index in [4.69, 9.17) is 5.11 Å². The van der Waals surface area contributed by atoms with Crippen molar-refractivity contribution >= 4 is 23.7 Å². The maximum Gasteiger partial charge on any atom is 0.409 e. The molecule has 3 N–H and O–H groups in total. The quantitative estimate of drug-likeness (QED) is 0.630. The van der Waals surface area contributed by atoms with Crippen LogP contribution in [0.25, 0.3) is 0 Å². The van der Waals surface area contributed by atoms with E-state index >= 15 is 0 Å². The second kappa shape index (κ2) is 3.37. The predicted molar refractivity (Wildman–Crippen MR) is 54.2 cm³/mol. The smallest absolute Gasteiger partial charge is 0.409 e. The Balaban J connectivity index is 2.30. The van der Waals surface area contributed by atoms with Crippen molar-refractivity contribution in [1.82, 2.24) is 0 Å². The normalized spacial score (nSPS) is 12.9. The van der Waals surface area contributed by atoms with Crippen molar-refractivity contribution in [2.24, 2.45) is 4.99 Å². The molecule has 0 radical (unpaired) electrons. The maximum absolute atomic E-state index is 10.4. The summed E-state index contributed by atoms with van der Waals surface area (Å²) in [5, 5.41) is 13.8. The largest absolute Gasteiger partial charge is 0.465 e. The summed E-state index contributed by atoms with van der Waals surface area (Å²) in [6.07, 6.45) is 0.700. The molecule has 1 aromatic carbocycles. The molecule has 0 fully saturated rings. The molecule has 1 aliphatic rings. The summed E-state index contributed by atoms with van der Waals surface area (Å²) in [6, 6.07) is 5.26. The maximum atomic E-state index is 10.4. The van der Waals surface area contributed by atoms with Crippen LogP contribution in [0.4, 0.5) is 16.2 Å². The van der Waals surface area contributed by atoms with Gasteiger partial charge in [0.2, 0.25) is 0 Å². The summed E-state index contributed by atoms with van der Waals surface area (Å²) in [5.74, 6) is 0. The number of benzene rings is 1. The van der Waals surface area contributed by atoms with Crippen LogP contribution in [0.2, 0.25) is 0 Å². The van der Waals surface area contributed by atoms with Gasteiger partial charge in [-0.05, 0) is 18.2 Å². The lowest BCUT2D eigenvalue weighted by molar-refractivity contribution is 0.210. The van der Waals surface area contributed by atoms with Gasteiger partial charge in [0, 0.05) is 23.2 Å². The third-order valence-corrected chi connectivity index (χ3v) is 1.90. The summed E-state index contributed by atoms with van der Waals surface area (Å²) in [6.45, 7) is 0.531. The summed E-state index contributed by atoms with van der Waals surface area (Å²) in [7, 11) is 0. The Morgan fingerprint density at radius 2 is 2.43 bits per heavy atom. The molecule has 1 aromatic rings. The number of amides is 1. The average Bonchev–Trinajstić information content (AvgIpc) is 2.17. The molecule has 1 heterocycles. The Hall–Kier alpha value is -2.04. The summed E-state index contributed by atoms with van der Waals surface area (Å²) >= 11 is 0. The number of nitrogens with zero attached hydrogens (tertiary/aromatic N) is 1. The van der Waals surface area contributed by atoms with Crippen LogP contribution in [0, 0.1) is 0 Å². The Kier molecular flexibility index (Phi) is 2.06. The van der Waals surface area contributed by atoms with Gasteiger partial charge < -0.3 is 10.4 Å². The SMILES string of the molecule is O=C(O)Nc1ccc2c(c1)NCN=C2. The molecule has 0 atom stereocenters. The fourth-order valence-corrected chi connectivity index (χ4v) is 1.30. The summed E-state index contributed by atoms with van der Waals surface area (Å²) < 4.78 is 0. The first-order valence-electron chi connectivity index (χ1n) is 4.13. The first kappa shape index (κ1) is 8.55. The number of fused-ring (bicyclic) bond motifs is 1. The molecule has 0 aromatic heterocycles. The van der Waals surface area contributed by atoms with Gasteiger partial charge in [-0.1, -0.05) is 0 Å². The van der Waals surface area contributed by atoms with Crippen molar-refractivity contribution in [2.75, 3.05) is 17.3 Å². The van der Waals surface area contributed by atoms with E-state index in [1.165, 1.54) is 0 Å². The number of carboxylic acid groups (broad SMARTS) is 1. The molecule has 14 heavy (non-hydrogen) atoms. The van der Waals surface area contributed by atoms with E-state index in [0.29, 0.717) is 12.4 Å². The second-order valence-corrected chi connectivity index (χ2v) is 2.88. The number of hydrogen-bond donors (Lipinski definition) is 3. The minimum Gasteiger partial charge on any atom is -0.465 e. The Morgan fingerprint density at radius 3 is 3.21 bits per heavy atom. The van der Waals surface area contributed by atoms with Gasteiger partial charge in [0.15, 0.2) is 0 Å². The van der Waals surface area contributed by atoms with Crippen LogP contribution in [0.1, 0.15) is 5.56 Å². The van der Waals surface area contributed by atoms with Crippen molar-refractivity contribution in [3.63, 3.8) is 0 Å². The van der Waals surface area contributed by atoms with Crippen LogP contribution in [0.5, 0.6) is 0 Å². The van der Waals surface area contributed by atoms with Gasteiger partial charge in [0.25, 0.3) is 0 Å². The summed E-state index contributed by atoms with van der Waals surface area (Å²) in [4.78, 5) is 14.4. The van der Waals surface area contributed by atoms with Crippen molar-refractivity contribution in [3.8, 4) is 0 Å². The van der Waals surface area contributed by atoms with Crippen LogP contribution >= 0.6 is 0 Å². The molecule has 2 rings (SSSR count). The number of aliphatic imine (C=N–C) groups is 1. The number of nitrogens with one attached hydrogen (secondary N) is 2. The molecule has 5 heteroatoms. The monoisotopic (exact) mass is 191 g/mol. The van der Waals surface area contributed by atoms with Gasteiger partial charge in [0.05, 0.1) is 0 Å². The molecule has 1 aliphatic heterocycles. The van der Waals surface area contributed by atoms with E-state index in [9.17, 15) is 4.79 Å². The first-order valence-corrected chi connectivity index (χ1v) is 4.13. The Bertz CT molecular complexity index is 401. The first-order chi connectivity index (χ1) is 6.75. The minimum atomic E-state index is -1.06. The molecule has 72 valence electrons. The van der Waals surface area contributed by atoms with Gasteiger partial charge in [0.1, 0.15) is 6.67 Å². The van der Waals surface area contributed by atoms with Gasteiger partial charge in [-0.15, -0.1) is 0 Å². The van der Waals surface area contributed by atoms with E-state index in [1.54, 1.807) is 18.3 Å². The van der Waals surface area contributed by atoms with E-state index < -0.39 is 6.09 Å². The van der Waals surface area contributed by atoms with Gasteiger partial charge in [-0.25, -0.2) is 4.79 Å². The topological polar surface area (TPSA) is 73.7 Å². The zero-order valence-corrected chi connectivity index (χ0v) is 7.32. The molecule has 0 saturated heterocycles. The second-order valence-electron chi connectivity index (χ2n) is 2.88. The minimum absolute atomic E-state index is 0.531. The fourth-order valence-electron chi connectivity index (χ4n) is 1.30. The highest BCUT2D eigenvalue weighted by molar-refractivity contribution is 5.92. The van der Waals surface area contributed by atoms with E-state index in [2.05, 4.69) is 15.6 Å². The van der Waals surface area contributed by atoms with Crippen LogP contribution < -0.4 is 10.6 Å². The predicted octanol–water partition coefficient (Wildman–Crippen LogP) is 1.58. The average molecular weight is 191 g/mol. The highest BCUT2D eigenvalue weighted by atomic mass is 16.4. The molecular formula is C9H9N3O2. The van der Waals surface area contributed by atoms with E-state index in [-0.39, 0.29) is 0 Å². The molecule has 0 spiro atoms.